The van der Waals surface area contributed by atoms with Crippen LogP contribution in [0.4, 0.5) is 0 Å². The van der Waals surface area contributed by atoms with E-state index in [4.69, 9.17) is 0 Å². The van der Waals surface area contributed by atoms with Crippen LogP contribution in [-0.4, -0.2) is 7.05 Å². The molecule has 0 bridgehead atoms. The first-order chi connectivity index (χ1) is 6.31. The molecule has 0 N–H and O–H groups in total. The van der Waals surface area contributed by atoms with Crippen molar-refractivity contribution in [2.45, 2.75) is 6.92 Å². The van der Waals surface area contributed by atoms with Crippen LogP contribution in [0.3, 0.4) is 0 Å². The van der Waals surface area contributed by atoms with E-state index in [-0.39, 0.29) is 0 Å². The molecule has 0 saturated heterocycles. The van der Waals surface area contributed by atoms with Gasteiger partial charge in [-0.3, -0.25) is 4.99 Å². The Morgan fingerprint density at radius 2 is 2.00 bits per heavy atom. The second kappa shape index (κ2) is 3.30. The maximum atomic E-state index is 4.28. The third-order valence-electron chi connectivity index (χ3n) is 2.01. The van der Waals surface area contributed by atoms with Gasteiger partial charge in [0.05, 0.1) is 0 Å². The van der Waals surface area contributed by atoms with E-state index in [9.17, 15) is 0 Å². The predicted octanol–water partition coefficient (Wildman–Crippen LogP) is 2.74. The van der Waals surface area contributed by atoms with Crippen molar-refractivity contribution < 1.29 is 0 Å². The van der Waals surface area contributed by atoms with Crippen LogP contribution in [0.25, 0.3) is 10.8 Å². The monoisotopic (exact) mass is 189 g/mol. The van der Waals surface area contributed by atoms with Crippen molar-refractivity contribution >= 4 is 22.1 Å². The normalized spacial score (nSPS) is 12.3. The zero-order chi connectivity index (χ0) is 9.26. The van der Waals surface area contributed by atoms with E-state index in [1.54, 1.807) is 11.3 Å². The second-order valence-corrected chi connectivity index (χ2v) is 4.21. The van der Waals surface area contributed by atoms with Crippen molar-refractivity contribution in [3.63, 3.8) is 0 Å². The van der Waals surface area contributed by atoms with Crippen molar-refractivity contribution in [1.29, 1.82) is 0 Å². The molecule has 0 aliphatic heterocycles. The second-order valence-electron chi connectivity index (χ2n) is 2.97. The summed E-state index contributed by atoms with van der Waals surface area (Å²) < 4.78 is 1.12. The zero-order valence-corrected chi connectivity index (χ0v) is 8.56. The lowest BCUT2D eigenvalue weighted by atomic mass is 10.2. The minimum atomic E-state index is 1.12. The topological polar surface area (TPSA) is 12.4 Å². The van der Waals surface area contributed by atoms with Crippen LogP contribution in [0.1, 0.15) is 4.88 Å². The number of nitrogens with zero attached hydrogens (tertiary/aromatic N) is 1. The van der Waals surface area contributed by atoms with Gasteiger partial charge in [-0.15, -0.1) is 11.3 Å². The molecule has 1 nitrogen and oxygen atoms in total. The Morgan fingerprint density at radius 3 is 2.77 bits per heavy atom. The Morgan fingerprint density at radius 1 is 1.23 bits per heavy atom. The molecule has 0 atom stereocenters. The maximum Gasteiger partial charge on any atom is 0.118 e. The maximum absolute atomic E-state index is 4.28. The number of rotatable bonds is 0. The highest BCUT2D eigenvalue weighted by Gasteiger charge is 1.95. The molecule has 2 rings (SSSR count). The van der Waals surface area contributed by atoms with Crippen molar-refractivity contribution in [3.8, 4) is 0 Å². The first-order valence-corrected chi connectivity index (χ1v) is 5.05. The lowest BCUT2D eigenvalue weighted by molar-refractivity contribution is 1.34. The standard InChI is InChI=1S/C11H11NS/c1-8-7-9-5-3-4-6-10(9)11(12-2)13-8/h3-7H,1-2H3. The number of hydrogen-bond acceptors (Lipinski definition) is 2. The van der Waals surface area contributed by atoms with E-state index in [1.807, 2.05) is 7.05 Å². The van der Waals surface area contributed by atoms with Crippen molar-refractivity contribution in [1.82, 2.24) is 0 Å². The lowest BCUT2D eigenvalue weighted by Gasteiger charge is -1.98. The Bertz CT molecular complexity index is 497. The van der Waals surface area contributed by atoms with E-state index >= 15 is 0 Å². The van der Waals surface area contributed by atoms with Gasteiger partial charge in [-0.25, -0.2) is 0 Å². The molecule has 1 aromatic carbocycles. The molecule has 0 spiro atoms. The Labute approximate surface area is 81.4 Å². The number of aryl methyl sites for hydroxylation is 1. The van der Waals surface area contributed by atoms with Crippen LogP contribution in [0.2, 0.25) is 0 Å². The summed E-state index contributed by atoms with van der Waals surface area (Å²) in [6.07, 6.45) is 0. The minimum absolute atomic E-state index is 1.12. The molecule has 0 radical (unpaired) electrons. The molecule has 0 aliphatic carbocycles. The molecule has 2 heteroatoms. The molecule has 2 aromatic rings. The largest absolute Gasteiger partial charge is 0.277 e. The summed E-state index contributed by atoms with van der Waals surface area (Å²) in [6, 6.07) is 10.6. The molecule has 1 heterocycles. The molecule has 0 unspecified atom stereocenters. The van der Waals surface area contributed by atoms with E-state index in [1.165, 1.54) is 15.6 Å². The summed E-state index contributed by atoms with van der Waals surface area (Å²) in [7, 11) is 1.84. The van der Waals surface area contributed by atoms with Crippen molar-refractivity contribution in [2.75, 3.05) is 7.05 Å². The summed E-state index contributed by atoms with van der Waals surface area (Å²) in [6.45, 7) is 2.12. The smallest absolute Gasteiger partial charge is 0.118 e. The van der Waals surface area contributed by atoms with Gasteiger partial charge >= 0.3 is 0 Å². The summed E-state index contributed by atoms with van der Waals surface area (Å²) in [5.41, 5.74) is 0. The first kappa shape index (κ1) is 8.45. The van der Waals surface area contributed by atoms with Gasteiger partial charge in [0, 0.05) is 17.3 Å². The van der Waals surface area contributed by atoms with Crippen LogP contribution in [0.5, 0.6) is 0 Å². The average molecular weight is 189 g/mol. The van der Waals surface area contributed by atoms with Gasteiger partial charge in [-0.05, 0) is 18.4 Å². The van der Waals surface area contributed by atoms with Crippen LogP contribution >= 0.6 is 11.3 Å². The van der Waals surface area contributed by atoms with Gasteiger partial charge < -0.3 is 0 Å². The highest BCUT2D eigenvalue weighted by molar-refractivity contribution is 7.09. The quantitative estimate of drug-likeness (QED) is 0.604. The fourth-order valence-corrected chi connectivity index (χ4v) is 2.32. The minimum Gasteiger partial charge on any atom is -0.277 e. The van der Waals surface area contributed by atoms with Gasteiger partial charge in [0.2, 0.25) is 0 Å². The van der Waals surface area contributed by atoms with Crippen molar-refractivity contribution in [3.05, 3.63) is 39.9 Å². The molecule has 0 aliphatic rings. The SMILES string of the molecule is CN=c1sc(C)cc2ccccc12. The van der Waals surface area contributed by atoms with Gasteiger partial charge in [-0.2, -0.15) is 0 Å². The molecule has 66 valence electrons. The Hall–Kier alpha value is -1.15. The van der Waals surface area contributed by atoms with E-state index in [0.29, 0.717) is 0 Å². The van der Waals surface area contributed by atoms with E-state index in [0.717, 1.165) is 4.67 Å². The Kier molecular flexibility index (Phi) is 2.15. The number of benzene rings is 1. The molecular formula is C11H11NS. The lowest BCUT2D eigenvalue weighted by Crippen LogP contribution is -1.98. The zero-order valence-electron chi connectivity index (χ0n) is 7.74. The molecule has 1 aromatic heterocycles. The summed E-state index contributed by atoms with van der Waals surface area (Å²) >= 11 is 1.74. The third kappa shape index (κ3) is 1.49. The van der Waals surface area contributed by atoms with Gasteiger partial charge in [0.15, 0.2) is 0 Å². The fraction of sp³-hybridized carbons (Fsp3) is 0.182. The molecule has 0 saturated carbocycles. The highest BCUT2D eigenvalue weighted by Crippen LogP contribution is 2.13. The van der Waals surface area contributed by atoms with Gasteiger partial charge in [0.1, 0.15) is 4.67 Å². The molecular weight excluding hydrogens is 178 g/mol. The third-order valence-corrected chi connectivity index (χ3v) is 3.05. The molecule has 0 amide bonds. The van der Waals surface area contributed by atoms with Crippen LogP contribution < -0.4 is 4.67 Å². The Balaban J connectivity index is 2.99. The molecule has 13 heavy (non-hydrogen) atoms. The van der Waals surface area contributed by atoms with Crippen LogP contribution in [0, 0.1) is 6.92 Å². The van der Waals surface area contributed by atoms with E-state index in [2.05, 4.69) is 42.2 Å². The highest BCUT2D eigenvalue weighted by atomic mass is 32.1. The average Bonchev–Trinajstić information content (AvgIpc) is 2.16. The summed E-state index contributed by atoms with van der Waals surface area (Å²) in [5.74, 6) is 0. The first-order valence-electron chi connectivity index (χ1n) is 4.23. The van der Waals surface area contributed by atoms with Gasteiger partial charge in [-0.1, -0.05) is 24.3 Å². The van der Waals surface area contributed by atoms with Crippen LogP contribution in [-0.2, 0) is 0 Å². The molecule has 0 fully saturated rings. The van der Waals surface area contributed by atoms with Gasteiger partial charge in [0.25, 0.3) is 0 Å². The summed E-state index contributed by atoms with van der Waals surface area (Å²) in [4.78, 5) is 5.58. The van der Waals surface area contributed by atoms with Crippen molar-refractivity contribution in [2.24, 2.45) is 4.99 Å². The number of fused-ring (bicyclic) bond motifs is 1. The van der Waals surface area contributed by atoms with E-state index < -0.39 is 0 Å². The predicted molar refractivity (Wildman–Crippen MR) is 58.0 cm³/mol. The number of hydrogen-bond donors (Lipinski definition) is 0. The fourth-order valence-electron chi connectivity index (χ4n) is 1.44. The summed E-state index contributed by atoms with van der Waals surface area (Å²) in [5, 5.41) is 2.53. The van der Waals surface area contributed by atoms with Crippen LogP contribution in [0.15, 0.2) is 35.3 Å².